The first kappa shape index (κ1) is 9.86. The van der Waals surface area contributed by atoms with Gasteiger partial charge in [0.1, 0.15) is 11.5 Å². The van der Waals surface area contributed by atoms with Crippen LogP contribution in [0.1, 0.15) is 24.1 Å². The van der Waals surface area contributed by atoms with E-state index in [4.69, 9.17) is 10.5 Å². The zero-order chi connectivity index (χ0) is 10.0. The van der Waals surface area contributed by atoms with Crippen molar-refractivity contribution in [3.8, 4) is 11.5 Å². The van der Waals surface area contributed by atoms with E-state index in [1.807, 2.05) is 13.8 Å². The molecular formula is C10H15NO2. The summed E-state index contributed by atoms with van der Waals surface area (Å²) in [5.41, 5.74) is 7.67. The van der Waals surface area contributed by atoms with E-state index < -0.39 is 0 Å². The Morgan fingerprint density at radius 1 is 1.46 bits per heavy atom. The molecule has 0 spiro atoms. The van der Waals surface area contributed by atoms with E-state index in [9.17, 15) is 5.11 Å². The van der Waals surface area contributed by atoms with E-state index in [1.165, 1.54) is 0 Å². The Morgan fingerprint density at radius 3 is 2.54 bits per heavy atom. The Morgan fingerprint density at radius 2 is 2.08 bits per heavy atom. The van der Waals surface area contributed by atoms with Gasteiger partial charge in [-0.1, -0.05) is 0 Å². The number of ether oxygens (including phenoxy) is 1. The molecule has 0 saturated carbocycles. The minimum absolute atomic E-state index is 0.0875. The van der Waals surface area contributed by atoms with Crippen LogP contribution in [0.25, 0.3) is 0 Å². The Hall–Kier alpha value is -1.22. The van der Waals surface area contributed by atoms with Gasteiger partial charge in [-0.3, -0.25) is 0 Å². The Kier molecular flexibility index (Phi) is 2.78. The first-order chi connectivity index (χ1) is 6.06. The molecule has 0 fully saturated rings. The highest BCUT2D eigenvalue weighted by Crippen LogP contribution is 2.31. The van der Waals surface area contributed by atoms with Crippen LogP contribution in [0.3, 0.4) is 0 Å². The first-order valence-corrected chi connectivity index (χ1v) is 4.19. The molecule has 1 unspecified atom stereocenters. The number of methoxy groups -OCH3 is 1. The Labute approximate surface area is 78.1 Å². The highest BCUT2D eigenvalue weighted by molar-refractivity contribution is 5.46. The number of phenols is 1. The van der Waals surface area contributed by atoms with Crippen LogP contribution in [-0.2, 0) is 0 Å². The van der Waals surface area contributed by atoms with Gasteiger partial charge in [0, 0.05) is 17.7 Å². The maximum atomic E-state index is 9.31. The molecule has 0 aliphatic carbocycles. The van der Waals surface area contributed by atoms with Gasteiger partial charge in [-0.25, -0.2) is 0 Å². The van der Waals surface area contributed by atoms with Gasteiger partial charge in [-0.2, -0.15) is 0 Å². The highest BCUT2D eigenvalue weighted by atomic mass is 16.5. The molecule has 72 valence electrons. The van der Waals surface area contributed by atoms with Crippen LogP contribution in [0.15, 0.2) is 12.1 Å². The minimum Gasteiger partial charge on any atom is -0.508 e. The van der Waals surface area contributed by atoms with Crippen molar-refractivity contribution in [2.75, 3.05) is 7.11 Å². The van der Waals surface area contributed by atoms with Crippen molar-refractivity contribution in [2.24, 2.45) is 5.73 Å². The molecule has 1 atom stereocenters. The van der Waals surface area contributed by atoms with E-state index in [0.717, 1.165) is 11.1 Å². The van der Waals surface area contributed by atoms with Crippen LogP contribution in [0.5, 0.6) is 11.5 Å². The second-order valence-electron chi connectivity index (χ2n) is 3.17. The van der Waals surface area contributed by atoms with Crippen LogP contribution in [0.2, 0.25) is 0 Å². The van der Waals surface area contributed by atoms with Crippen molar-refractivity contribution in [2.45, 2.75) is 19.9 Å². The molecule has 0 radical (unpaired) electrons. The lowest BCUT2D eigenvalue weighted by molar-refractivity contribution is 0.399. The second kappa shape index (κ2) is 3.66. The number of rotatable bonds is 2. The quantitative estimate of drug-likeness (QED) is 0.730. The van der Waals surface area contributed by atoms with Crippen molar-refractivity contribution in [3.63, 3.8) is 0 Å². The summed E-state index contributed by atoms with van der Waals surface area (Å²) in [6, 6.07) is 3.17. The van der Waals surface area contributed by atoms with Crippen molar-refractivity contribution in [3.05, 3.63) is 23.3 Å². The molecule has 13 heavy (non-hydrogen) atoms. The standard InChI is InChI=1S/C10H15NO2/c1-6-4-8(12)5-9(13-3)10(6)7(2)11/h4-5,7,12H,11H2,1-3H3. The van der Waals surface area contributed by atoms with Gasteiger partial charge >= 0.3 is 0 Å². The summed E-state index contributed by atoms with van der Waals surface area (Å²) in [4.78, 5) is 0. The predicted molar refractivity (Wildman–Crippen MR) is 52.0 cm³/mol. The monoisotopic (exact) mass is 181 g/mol. The lowest BCUT2D eigenvalue weighted by atomic mass is 10.0. The number of phenolic OH excluding ortho intramolecular Hbond substituents is 1. The molecule has 3 nitrogen and oxygen atoms in total. The van der Waals surface area contributed by atoms with Gasteiger partial charge in [0.2, 0.25) is 0 Å². The molecule has 0 aliphatic rings. The van der Waals surface area contributed by atoms with Crippen LogP contribution >= 0.6 is 0 Å². The SMILES string of the molecule is COc1cc(O)cc(C)c1C(C)N. The fraction of sp³-hybridized carbons (Fsp3) is 0.400. The number of benzene rings is 1. The molecule has 0 saturated heterocycles. The van der Waals surface area contributed by atoms with E-state index in [-0.39, 0.29) is 11.8 Å². The fourth-order valence-corrected chi connectivity index (χ4v) is 1.50. The van der Waals surface area contributed by atoms with Gasteiger partial charge < -0.3 is 15.6 Å². The van der Waals surface area contributed by atoms with E-state index in [0.29, 0.717) is 5.75 Å². The lowest BCUT2D eigenvalue weighted by Crippen LogP contribution is -2.08. The first-order valence-electron chi connectivity index (χ1n) is 4.19. The van der Waals surface area contributed by atoms with Crippen molar-refractivity contribution < 1.29 is 9.84 Å². The lowest BCUT2D eigenvalue weighted by Gasteiger charge is -2.14. The third-order valence-electron chi connectivity index (χ3n) is 2.01. The van der Waals surface area contributed by atoms with Gasteiger partial charge in [0.25, 0.3) is 0 Å². The molecule has 1 rings (SSSR count). The molecule has 1 aromatic carbocycles. The molecule has 0 bridgehead atoms. The van der Waals surface area contributed by atoms with Crippen molar-refractivity contribution in [1.82, 2.24) is 0 Å². The second-order valence-corrected chi connectivity index (χ2v) is 3.17. The summed E-state index contributed by atoms with van der Waals surface area (Å²) in [5, 5.41) is 9.31. The third-order valence-corrected chi connectivity index (χ3v) is 2.01. The topological polar surface area (TPSA) is 55.5 Å². The average Bonchev–Trinajstić information content (AvgIpc) is 2.01. The van der Waals surface area contributed by atoms with Gasteiger partial charge in [0.05, 0.1) is 7.11 Å². The van der Waals surface area contributed by atoms with E-state index >= 15 is 0 Å². The summed E-state index contributed by atoms with van der Waals surface area (Å²) < 4.78 is 5.13. The van der Waals surface area contributed by atoms with Crippen molar-refractivity contribution in [1.29, 1.82) is 0 Å². The molecule has 3 N–H and O–H groups in total. The summed E-state index contributed by atoms with van der Waals surface area (Å²) >= 11 is 0. The van der Waals surface area contributed by atoms with E-state index in [1.54, 1.807) is 19.2 Å². The highest BCUT2D eigenvalue weighted by Gasteiger charge is 2.11. The molecule has 3 heteroatoms. The zero-order valence-corrected chi connectivity index (χ0v) is 8.16. The summed E-state index contributed by atoms with van der Waals surface area (Å²) in [6.07, 6.45) is 0. The molecule has 0 amide bonds. The number of aromatic hydroxyl groups is 1. The van der Waals surface area contributed by atoms with Crippen LogP contribution in [-0.4, -0.2) is 12.2 Å². The maximum absolute atomic E-state index is 9.31. The Balaban J connectivity index is 3.30. The largest absolute Gasteiger partial charge is 0.508 e. The maximum Gasteiger partial charge on any atom is 0.127 e. The molecule has 1 aromatic rings. The summed E-state index contributed by atoms with van der Waals surface area (Å²) in [5.74, 6) is 0.853. The molecule has 0 aromatic heterocycles. The summed E-state index contributed by atoms with van der Waals surface area (Å²) in [7, 11) is 1.57. The smallest absolute Gasteiger partial charge is 0.127 e. The van der Waals surface area contributed by atoms with Crippen LogP contribution < -0.4 is 10.5 Å². The molecule has 0 aliphatic heterocycles. The van der Waals surface area contributed by atoms with E-state index in [2.05, 4.69) is 0 Å². The molecular weight excluding hydrogens is 166 g/mol. The Bertz CT molecular complexity index is 308. The number of nitrogens with two attached hydrogens (primary N) is 1. The van der Waals surface area contributed by atoms with Crippen LogP contribution in [0.4, 0.5) is 0 Å². The summed E-state index contributed by atoms with van der Waals surface area (Å²) in [6.45, 7) is 3.79. The normalized spacial score (nSPS) is 12.6. The zero-order valence-electron chi connectivity index (χ0n) is 8.16. The minimum atomic E-state index is -0.0875. The third kappa shape index (κ3) is 1.92. The van der Waals surface area contributed by atoms with Gasteiger partial charge in [-0.15, -0.1) is 0 Å². The van der Waals surface area contributed by atoms with Gasteiger partial charge in [-0.05, 0) is 25.5 Å². The average molecular weight is 181 g/mol. The predicted octanol–water partition coefficient (Wildman–Crippen LogP) is 1.73. The van der Waals surface area contributed by atoms with Crippen molar-refractivity contribution >= 4 is 0 Å². The fourth-order valence-electron chi connectivity index (χ4n) is 1.50. The van der Waals surface area contributed by atoms with Gasteiger partial charge in [0.15, 0.2) is 0 Å². The van der Waals surface area contributed by atoms with Crippen LogP contribution in [0, 0.1) is 6.92 Å². The number of hydrogen-bond donors (Lipinski definition) is 2. The number of hydrogen-bond acceptors (Lipinski definition) is 3. The number of aryl methyl sites for hydroxylation is 1. The molecule has 0 heterocycles.